The van der Waals surface area contributed by atoms with E-state index in [-0.39, 0.29) is 22.9 Å². The summed E-state index contributed by atoms with van der Waals surface area (Å²) >= 11 is 0. The van der Waals surface area contributed by atoms with Crippen LogP contribution in [0.4, 0.5) is 0 Å². The Morgan fingerprint density at radius 2 is 1.67 bits per heavy atom. The Morgan fingerprint density at radius 1 is 1.03 bits per heavy atom. The number of pyridine rings is 1. The summed E-state index contributed by atoms with van der Waals surface area (Å²) in [5, 5.41) is 35.2. The van der Waals surface area contributed by atoms with Gasteiger partial charge in [-0.3, -0.25) is 10.1 Å². The Morgan fingerprint density at radius 3 is 2.27 bits per heavy atom. The van der Waals surface area contributed by atoms with Crippen molar-refractivity contribution in [2.45, 2.75) is 57.9 Å². The third-order valence-corrected chi connectivity index (χ3v) is 6.15. The van der Waals surface area contributed by atoms with Gasteiger partial charge >= 0.3 is 0 Å². The highest BCUT2D eigenvalue weighted by Crippen LogP contribution is 2.31. The van der Waals surface area contributed by atoms with E-state index in [9.17, 15) is 20.1 Å². The Kier molecular flexibility index (Phi) is 5.64. The van der Waals surface area contributed by atoms with E-state index in [0.29, 0.717) is 10.9 Å². The van der Waals surface area contributed by atoms with E-state index in [2.05, 4.69) is 36.3 Å². The molecule has 1 aliphatic carbocycles. The van der Waals surface area contributed by atoms with Crippen LogP contribution in [-0.2, 0) is 25.7 Å². The summed E-state index contributed by atoms with van der Waals surface area (Å²) in [4.78, 5) is 14.2. The molecule has 5 N–H and O–H groups in total. The van der Waals surface area contributed by atoms with Crippen LogP contribution in [0.15, 0.2) is 41.2 Å². The minimum Gasteiger partial charge on any atom is -0.506 e. The van der Waals surface area contributed by atoms with Crippen LogP contribution in [0.2, 0.25) is 0 Å². The van der Waals surface area contributed by atoms with Crippen molar-refractivity contribution in [3.05, 3.63) is 74.6 Å². The molecule has 2 aromatic carbocycles. The quantitative estimate of drug-likeness (QED) is 0.403. The minimum atomic E-state index is -1.21. The number of aliphatic hydroxyl groups excluding tert-OH is 2. The van der Waals surface area contributed by atoms with E-state index in [4.69, 9.17) is 0 Å². The van der Waals surface area contributed by atoms with E-state index in [1.807, 2.05) is 0 Å². The predicted molar refractivity (Wildman–Crippen MR) is 117 cm³/mol. The molecule has 0 radical (unpaired) electrons. The zero-order chi connectivity index (χ0) is 21.4. The normalized spacial score (nSPS) is 16.0. The van der Waals surface area contributed by atoms with Crippen LogP contribution in [0.1, 0.15) is 47.8 Å². The first-order chi connectivity index (χ1) is 14.4. The molecule has 1 aliphatic rings. The summed E-state index contributed by atoms with van der Waals surface area (Å²) in [6.07, 6.45) is 1.23. The standard InChI is InChI=1S/C24H28N2O4/c1-3-13-9-15-11-17(12-16(15)10-14(13)4-2)25-24(30)23(29)19-5-7-20(27)22-18(19)6-8-21(28)26-22/h5-10,17,23-25,27,29-30H,3-4,11-12H2,1-2H3,(H,26,28). The number of aliphatic hydroxyl groups is 2. The van der Waals surface area contributed by atoms with Crippen molar-refractivity contribution in [3.8, 4) is 5.75 Å². The second-order valence-electron chi connectivity index (χ2n) is 8.04. The monoisotopic (exact) mass is 408 g/mol. The van der Waals surface area contributed by atoms with Crippen LogP contribution in [0.25, 0.3) is 10.9 Å². The molecule has 2 unspecified atom stereocenters. The molecule has 3 aromatic rings. The summed E-state index contributed by atoms with van der Waals surface area (Å²) < 4.78 is 0. The number of benzene rings is 2. The number of aromatic nitrogens is 1. The molecule has 1 aromatic heterocycles. The lowest BCUT2D eigenvalue weighted by molar-refractivity contribution is -0.00887. The molecule has 158 valence electrons. The summed E-state index contributed by atoms with van der Waals surface area (Å²) in [6, 6.07) is 10.4. The summed E-state index contributed by atoms with van der Waals surface area (Å²) in [7, 11) is 0. The first kappa shape index (κ1) is 20.6. The highest BCUT2D eigenvalue weighted by Gasteiger charge is 2.28. The molecule has 0 bridgehead atoms. The molecule has 0 saturated heterocycles. The fourth-order valence-electron chi connectivity index (χ4n) is 4.57. The first-order valence-electron chi connectivity index (χ1n) is 10.5. The van der Waals surface area contributed by atoms with Crippen molar-refractivity contribution in [3.63, 3.8) is 0 Å². The largest absolute Gasteiger partial charge is 0.506 e. The van der Waals surface area contributed by atoms with E-state index in [1.54, 1.807) is 12.1 Å². The van der Waals surface area contributed by atoms with Crippen LogP contribution >= 0.6 is 0 Å². The number of nitrogens with one attached hydrogen (secondary N) is 2. The number of aromatic hydroxyl groups is 1. The van der Waals surface area contributed by atoms with Gasteiger partial charge < -0.3 is 20.3 Å². The third-order valence-electron chi connectivity index (χ3n) is 6.15. The fourth-order valence-corrected chi connectivity index (χ4v) is 4.57. The zero-order valence-electron chi connectivity index (χ0n) is 17.3. The van der Waals surface area contributed by atoms with Gasteiger partial charge in [-0.1, -0.05) is 32.0 Å². The van der Waals surface area contributed by atoms with Gasteiger partial charge in [0.2, 0.25) is 5.56 Å². The molecule has 6 heteroatoms. The van der Waals surface area contributed by atoms with Gasteiger partial charge in [0.05, 0.1) is 5.52 Å². The lowest BCUT2D eigenvalue weighted by Gasteiger charge is -2.24. The van der Waals surface area contributed by atoms with Gasteiger partial charge in [-0.05, 0) is 65.6 Å². The zero-order valence-corrected chi connectivity index (χ0v) is 17.3. The van der Waals surface area contributed by atoms with E-state index in [1.165, 1.54) is 34.4 Å². The average molecular weight is 408 g/mol. The van der Waals surface area contributed by atoms with Crippen molar-refractivity contribution < 1.29 is 15.3 Å². The van der Waals surface area contributed by atoms with Crippen molar-refractivity contribution in [2.24, 2.45) is 0 Å². The number of hydrogen-bond acceptors (Lipinski definition) is 5. The smallest absolute Gasteiger partial charge is 0.248 e. The minimum absolute atomic E-state index is 0.0321. The lowest BCUT2D eigenvalue weighted by Crippen LogP contribution is -2.42. The second kappa shape index (κ2) is 8.22. The topological polar surface area (TPSA) is 106 Å². The molecular formula is C24H28N2O4. The van der Waals surface area contributed by atoms with Gasteiger partial charge in [0.1, 0.15) is 18.1 Å². The number of aryl methyl sites for hydroxylation is 2. The number of rotatable bonds is 6. The SMILES string of the molecule is CCc1cc2c(cc1CC)CC(NC(O)C(O)c1ccc(O)c3[nH]c(=O)ccc13)C2. The number of H-pyrrole nitrogens is 1. The van der Waals surface area contributed by atoms with Gasteiger partial charge in [-0.15, -0.1) is 0 Å². The molecule has 4 rings (SSSR count). The van der Waals surface area contributed by atoms with Crippen LogP contribution in [0.3, 0.4) is 0 Å². The van der Waals surface area contributed by atoms with Crippen molar-refractivity contribution >= 4 is 10.9 Å². The predicted octanol–water partition coefficient (Wildman–Crippen LogP) is 2.47. The van der Waals surface area contributed by atoms with Crippen LogP contribution in [0.5, 0.6) is 5.75 Å². The van der Waals surface area contributed by atoms with E-state index >= 15 is 0 Å². The number of fused-ring (bicyclic) bond motifs is 2. The lowest BCUT2D eigenvalue weighted by atomic mass is 9.97. The number of hydrogen-bond donors (Lipinski definition) is 5. The second-order valence-corrected chi connectivity index (χ2v) is 8.04. The molecule has 0 amide bonds. The van der Waals surface area contributed by atoms with E-state index < -0.39 is 12.3 Å². The molecule has 2 atom stereocenters. The van der Waals surface area contributed by atoms with E-state index in [0.717, 1.165) is 25.7 Å². The number of phenols is 1. The van der Waals surface area contributed by atoms with Crippen molar-refractivity contribution in [2.75, 3.05) is 0 Å². The summed E-state index contributed by atoms with van der Waals surface area (Å²) in [5.74, 6) is -0.0780. The first-order valence-corrected chi connectivity index (χ1v) is 10.5. The Balaban J connectivity index is 1.53. The highest BCUT2D eigenvalue weighted by molar-refractivity contribution is 5.87. The van der Waals surface area contributed by atoms with Crippen LogP contribution in [-0.4, -0.2) is 32.6 Å². The average Bonchev–Trinajstić information content (AvgIpc) is 3.13. The summed E-state index contributed by atoms with van der Waals surface area (Å²) in [5.41, 5.74) is 5.70. The maximum Gasteiger partial charge on any atom is 0.248 e. The van der Waals surface area contributed by atoms with Crippen LogP contribution in [0, 0.1) is 0 Å². The Hall–Kier alpha value is -2.67. The molecule has 0 saturated carbocycles. The van der Waals surface area contributed by atoms with Gasteiger partial charge in [0.15, 0.2) is 0 Å². The number of aromatic amines is 1. The molecule has 6 nitrogen and oxygen atoms in total. The van der Waals surface area contributed by atoms with Gasteiger partial charge in [0, 0.05) is 17.5 Å². The summed E-state index contributed by atoms with van der Waals surface area (Å²) in [6.45, 7) is 4.34. The fraction of sp³-hybridized carbons (Fsp3) is 0.375. The van der Waals surface area contributed by atoms with Crippen molar-refractivity contribution in [1.29, 1.82) is 0 Å². The molecular weight excluding hydrogens is 380 g/mol. The molecule has 1 heterocycles. The van der Waals surface area contributed by atoms with Gasteiger partial charge in [0.25, 0.3) is 0 Å². The van der Waals surface area contributed by atoms with Crippen molar-refractivity contribution in [1.82, 2.24) is 10.3 Å². The molecule has 0 aliphatic heterocycles. The van der Waals surface area contributed by atoms with Crippen LogP contribution < -0.4 is 10.9 Å². The Labute approximate surface area is 175 Å². The maximum atomic E-state index is 11.6. The number of phenolic OH excluding ortho intramolecular Hbond substituents is 1. The van der Waals surface area contributed by atoms with Gasteiger partial charge in [-0.2, -0.15) is 0 Å². The third kappa shape index (κ3) is 3.74. The maximum absolute atomic E-state index is 11.6. The highest BCUT2D eigenvalue weighted by atomic mass is 16.3. The molecule has 0 spiro atoms. The van der Waals surface area contributed by atoms with Gasteiger partial charge in [-0.25, -0.2) is 0 Å². The molecule has 30 heavy (non-hydrogen) atoms. The molecule has 0 fully saturated rings. The Bertz CT molecular complexity index is 1100.